The van der Waals surface area contributed by atoms with Crippen LogP contribution in [0.25, 0.3) is 0 Å². The Kier molecular flexibility index (Phi) is 4.36. The van der Waals surface area contributed by atoms with Gasteiger partial charge in [0.15, 0.2) is 9.84 Å². The van der Waals surface area contributed by atoms with Crippen LogP contribution in [0.3, 0.4) is 0 Å². The number of rotatable bonds is 4. The molecule has 0 aromatic rings. The highest BCUT2D eigenvalue weighted by molar-refractivity contribution is 7.94. The third-order valence-corrected chi connectivity index (χ3v) is 4.34. The first-order valence-corrected chi connectivity index (χ1v) is 7.85. The van der Waals surface area contributed by atoms with E-state index in [1.54, 1.807) is 5.06 Å². The summed E-state index contributed by atoms with van der Waals surface area (Å²) < 4.78 is 22.3. The van der Waals surface area contributed by atoms with Crippen molar-refractivity contribution < 1.29 is 18.0 Å². The van der Waals surface area contributed by atoms with Gasteiger partial charge >= 0.3 is 0 Å². The molecule has 2 aliphatic heterocycles. The zero-order valence-electron chi connectivity index (χ0n) is 10.2. The van der Waals surface area contributed by atoms with Gasteiger partial charge in [-0.2, -0.15) is 5.06 Å². The van der Waals surface area contributed by atoms with E-state index in [4.69, 9.17) is 4.84 Å². The zero-order chi connectivity index (χ0) is 13.0. The van der Waals surface area contributed by atoms with Crippen molar-refractivity contribution in [2.24, 2.45) is 0 Å². The van der Waals surface area contributed by atoms with Crippen LogP contribution in [0.2, 0.25) is 0 Å². The van der Waals surface area contributed by atoms with Gasteiger partial charge in [0.1, 0.15) is 0 Å². The van der Waals surface area contributed by atoms with Crippen molar-refractivity contribution in [3.05, 3.63) is 11.5 Å². The highest BCUT2D eigenvalue weighted by Crippen LogP contribution is 2.09. The van der Waals surface area contributed by atoms with Crippen LogP contribution >= 0.6 is 0 Å². The highest BCUT2D eigenvalue weighted by atomic mass is 32.2. The molecule has 1 amide bonds. The predicted molar refractivity (Wildman–Crippen MR) is 66.2 cm³/mol. The molecule has 0 aromatic heterocycles. The minimum absolute atomic E-state index is 0.0288. The summed E-state index contributed by atoms with van der Waals surface area (Å²) in [5.74, 6) is -0.171. The topological polar surface area (TPSA) is 75.7 Å². The summed E-state index contributed by atoms with van der Waals surface area (Å²) in [4.78, 5) is 17.0. The lowest BCUT2D eigenvalue weighted by molar-refractivity contribution is -0.181. The minimum atomic E-state index is -3.11. The molecule has 2 heterocycles. The van der Waals surface area contributed by atoms with E-state index in [0.29, 0.717) is 19.6 Å². The molecule has 1 atom stereocenters. The third kappa shape index (κ3) is 4.08. The molecule has 2 rings (SSSR count). The molecule has 7 heteroatoms. The fraction of sp³-hybridized carbons (Fsp3) is 0.727. The molecule has 0 unspecified atom stereocenters. The lowest BCUT2D eigenvalue weighted by Crippen LogP contribution is -2.38. The van der Waals surface area contributed by atoms with Gasteiger partial charge in [-0.05, 0) is 18.9 Å². The molecule has 0 aliphatic carbocycles. The SMILES string of the molecule is O=C(CCN1CCCCO1)N[C@@H]1C=CS(=O)(=O)C1. The lowest BCUT2D eigenvalue weighted by Gasteiger charge is -2.25. The molecule has 1 saturated heterocycles. The second-order valence-electron chi connectivity index (χ2n) is 4.55. The van der Waals surface area contributed by atoms with E-state index in [2.05, 4.69) is 5.32 Å². The monoisotopic (exact) mass is 274 g/mol. The van der Waals surface area contributed by atoms with E-state index < -0.39 is 9.84 Å². The number of sulfone groups is 1. The fourth-order valence-electron chi connectivity index (χ4n) is 2.00. The van der Waals surface area contributed by atoms with E-state index in [9.17, 15) is 13.2 Å². The summed E-state index contributed by atoms with van der Waals surface area (Å²) in [6.45, 7) is 2.12. The van der Waals surface area contributed by atoms with Crippen molar-refractivity contribution >= 4 is 15.7 Å². The van der Waals surface area contributed by atoms with Crippen molar-refractivity contribution in [2.75, 3.05) is 25.4 Å². The van der Waals surface area contributed by atoms with Crippen LogP contribution in [0.5, 0.6) is 0 Å². The van der Waals surface area contributed by atoms with Gasteiger partial charge in [-0.1, -0.05) is 0 Å². The second-order valence-corrected chi connectivity index (χ2v) is 6.48. The number of hydrogen-bond acceptors (Lipinski definition) is 5. The molecule has 0 radical (unpaired) electrons. The van der Waals surface area contributed by atoms with Gasteiger partial charge in [-0.3, -0.25) is 9.63 Å². The Balaban J connectivity index is 1.68. The second kappa shape index (κ2) is 5.81. The molecule has 6 nitrogen and oxygen atoms in total. The number of carbonyl (C=O) groups is 1. The van der Waals surface area contributed by atoms with Crippen LogP contribution < -0.4 is 5.32 Å². The molecule has 0 saturated carbocycles. The molecular formula is C11H18N2O4S. The Hall–Kier alpha value is -0.920. The predicted octanol–water partition coefficient (Wildman–Crippen LogP) is -0.169. The van der Waals surface area contributed by atoms with Gasteiger partial charge in [-0.15, -0.1) is 0 Å². The van der Waals surface area contributed by atoms with Crippen LogP contribution in [-0.4, -0.2) is 50.9 Å². The first-order chi connectivity index (χ1) is 8.55. The summed E-state index contributed by atoms with van der Waals surface area (Å²) in [7, 11) is -3.11. The standard InChI is InChI=1S/C11H18N2O4S/c14-11(3-6-13-5-1-2-7-17-13)12-10-4-8-18(15,16)9-10/h4,8,10H,1-3,5-7,9H2,(H,12,14)/t10-/m1/s1. The minimum Gasteiger partial charge on any atom is -0.349 e. The number of nitrogens with zero attached hydrogens (tertiary/aromatic N) is 1. The van der Waals surface area contributed by atoms with Gasteiger partial charge in [0, 0.05) is 24.9 Å². The smallest absolute Gasteiger partial charge is 0.221 e. The number of hydrogen-bond donors (Lipinski definition) is 1. The normalized spacial score (nSPS) is 27.2. The summed E-state index contributed by atoms with van der Waals surface area (Å²) >= 11 is 0. The molecule has 102 valence electrons. The summed E-state index contributed by atoms with van der Waals surface area (Å²) in [5, 5.41) is 5.64. The quantitative estimate of drug-likeness (QED) is 0.770. The number of carbonyl (C=O) groups excluding carboxylic acids is 1. The van der Waals surface area contributed by atoms with Crippen molar-refractivity contribution in [1.82, 2.24) is 10.4 Å². The maximum atomic E-state index is 11.6. The van der Waals surface area contributed by atoms with Crippen LogP contribution in [0.15, 0.2) is 11.5 Å². The molecule has 0 bridgehead atoms. The average Bonchev–Trinajstić information content (AvgIpc) is 2.67. The van der Waals surface area contributed by atoms with Crippen molar-refractivity contribution in [1.29, 1.82) is 0 Å². The van der Waals surface area contributed by atoms with Crippen LogP contribution in [0.4, 0.5) is 0 Å². The summed E-state index contributed by atoms with van der Waals surface area (Å²) in [5.41, 5.74) is 0. The van der Waals surface area contributed by atoms with Crippen LogP contribution in [0, 0.1) is 0 Å². The van der Waals surface area contributed by atoms with Gasteiger partial charge in [-0.25, -0.2) is 8.42 Å². The number of amides is 1. The maximum absolute atomic E-state index is 11.6. The first-order valence-electron chi connectivity index (χ1n) is 6.13. The van der Waals surface area contributed by atoms with E-state index >= 15 is 0 Å². The van der Waals surface area contributed by atoms with Crippen molar-refractivity contribution in [2.45, 2.75) is 25.3 Å². The number of nitrogens with one attached hydrogen (secondary N) is 1. The Bertz CT molecular complexity index is 426. The molecule has 1 N–H and O–H groups in total. The highest BCUT2D eigenvalue weighted by Gasteiger charge is 2.23. The van der Waals surface area contributed by atoms with Crippen molar-refractivity contribution in [3.8, 4) is 0 Å². The van der Waals surface area contributed by atoms with Crippen LogP contribution in [0.1, 0.15) is 19.3 Å². The molecular weight excluding hydrogens is 256 g/mol. The summed E-state index contributed by atoms with van der Waals surface area (Å²) in [6.07, 6.45) is 3.99. The Morgan fingerprint density at radius 2 is 2.28 bits per heavy atom. The molecule has 0 spiro atoms. The fourth-order valence-corrected chi connectivity index (χ4v) is 3.23. The molecule has 18 heavy (non-hydrogen) atoms. The Labute approximate surface area is 107 Å². The van der Waals surface area contributed by atoms with Crippen molar-refractivity contribution in [3.63, 3.8) is 0 Å². The van der Waals surface area contributed by atoms with Gasteiger partial charge < -0.3 is 5.32 Å². The number of hydroxylamine groups is 2. The van der Waals surface area contributed by atoms with E-state index in [1.165, 1.54) is 6.08 Å². The van der Waals surface area contributed by atoms with E-state index in [-0.39, 0.29) is 17.7 Å². The van der Waals surface area contributed by atoms with Crippen LogP contribution in [-0.2, 0) is 19.5 Å². The molecule has 0 aromatic carbocycles. The van der Waals surface area contributed by atoms with Gasteiger partial charge in [0.2, 0.25) is 5.91 Å². The Morgan fingerprint density at radius 3 is 2.89 bits per heavy atom. The Morgan fingerprint density at radius 1 is 1.44 bits per heavy atom. The van der Waals surface area contributed by atoms with E-state index in [1.807, 2.05) is 0 Å². The summed E-state index contributed by atoms with van der Waals surface area (Å²) in [6, 6.07) is -0.384. The molecule has 1 fully saturated rings. The molecule has 2 aliphatic rings. The largest absolute Gasteiger partial charge is 0.349 e. The van der Waals surface area contributed by atoms with Gasteiger partial charge in [0.25, 0.3) is 0 Å². The zero-order valence-corrected chi connectivity index (χ0v) is 11.0. The lowest BCUT2D eigenvalue weighted by atomic mass is 10.2. The average molecular weight is 274 g/mol. The van der Waals surface area contributed by atoms with Gasteiger partial charge in [0.05, 0.1) is 18.4 Å². The van der Waals surface area contributed by atoms with E-state index in [0.717, 1.165) is 24.8 Å². The maximum Gasteiger partial charge on any atom is 0.221 e. The first kappa shape index (κ1) is 13.5. The third-order valence-electron chi connectivity index (χ3n) is 2.94.